The van der Waals surface area contributed by atoms with Crippen LogP contribution in [0.3, 0.4) is 0 Å². The Morgan fingerprint density at radius 3 is 2.42 bits per heavy atom. The third-order valence-electron chi connectivity index (χ3n) is 4.00. The minimum atomic E-state index is -2.86. The van der Waals surface area contributed by atoms with E-state index in [1.165, 1.54) is 31.9 Å². The van der Waals surface area contributed by atoms with E-state index in [1.54, 1.807) is 7.05 Å². The molecule has 19 heavy (non-hydrogen) atoms. The summed E-state index contributed by atoms with van der Waals surface area (Å²) in [6.45, 7) is 3.82. The predicted molar refractivity (Wildman–Crippen MR) is 80.3 cm³/mol. The molecule has 0 bridgehead atoms. The summed E-state index contributed by atoms with van der Waals surface area (Å²) in [5.74, 6) is 0.990. The molecule has 1 aliphatic carbocycles. The quantitative estimate of drug-likeness (QED) is 0.419. The Balaban J connectivity index is 2.23. The minimum absolute atomic E-state index is 0.218. The summed E-state index contributed by atoms with van der Waals surface area (Å²) in [5.41, 5.74) is 0.449. The van der Waals surface area contributed by atoms with Crippen LogP contribution in [0.25, 0.3) is 0 Å². The second-order valence-corrected chi connectivity index (χ2v) is 7.80. The van der Waals surface area contributed by atoms with Gasteiger partial charge < -0.3 is 10.6 Å². The van der Waals surface area contributed by atoms with E-state index in [-0.39, 0.29) is 5.75 Å². The van der Waals surface area contributed by atoms with Crippen molar-refractivity contribution < 1.29 is 8.42 Å². The molecule has 112 valence electrons. The van der Waals surface area contributed by atoms with Crippen molar-refractivity contribution in [3.63, 3.8) is 0 Å². The summed E-state index contributed by atoms with van der Waals surface area (Å²) in [7, 11) is -1.12. The minimum Gasteiger partial charge on any atom is -0.356 e. The fraction of sp³-hybridized carbons (Fsp3) is 0.923. The number of sulfone groups is 1. The highest BCUT2D eigenvalue weighted by molar-refractivity contribution is 7.90. The first-order valence-electron chi connectivity index (χ1n) is 7.03. The highest BCUT2D eigenvalue weighted by Crippen LogP contribution is 2.42. The Bertz CT molecular complexity index is 395. The lowest BCUT2D eigenvalue weighted by atomic mass is 9.67. The molecule has 0 amide bonds. The largest absolute Gasteiger partial charge is 0.356 e. The lowest BCUT2D eigenvalue weighted by molar-refractivity contribution is 0.131. The molecule has 0 aliphatic heterocycles. The van der Waals surface area contributed by atoms with Crippen molar-refractivity contribution in [2.75, 3.05) is 32.1 Å². The molecule has 2 N–H and O–H groups in total. The summed E-state index contributed by atoms with van der Waals surface area (Å²) in [5, 5.41) is 6.51. The van der Waals surface area contributed by atoms with Gasteiger partial charge in [0.05, 0.1) is 5.75 Å². The maximum absolute atomic E-state index is 11.0. The van der Waals surface area contributed by atoms with Crippen LogP contribution in [-0.2, 0) is 9.84 Å². The van der Waals surface area contributed by atoms with Crippen LogP contribution < -0.4 is 10.6 Å². The van der Waals surface area contributed by atoms with Crippen molar-refractivity contribution >= 4 is 15.8 Å². The van der Waals surface area contributed by atoms with E-state index in [2.05, 4.69) is 22.5 Å². The van der Waals surface area contributed by atoms with Gasteiger partial charge in [0, 0.05) is 26.4 Å². The molecule has 0 aromatic carbocycles. The highest BCUT2D eigenvalue weighted by Gasteiger charge is 2.34. The van der Waals surface area contributed by atoms with Gasteiger partial charge in [-0.05, 0) is 31.1 Å². The molecule has 0 unspecified atom stereocenters. The first kappa shape index (κ1) is 16.3. The topological polar surface area (TPSA) is 70.6 Å². The van der Waals surface area contributed by atoms with Crippen molar-refractivity contribution in [3.05, 3.63) is 0 Å². The first-order valence-corrected chi connectivity index (χ1v) is 9.09. The van der Waals surface area contributed by atoms with Gasteiger partial charge in [-0.15, -0.1) is 0 Å². The van der Waals surface area contributed by atoms with Gasteiger partial charge in [-0.25, -0.2) is 8.42 Å². The Labute approximate surface area is 117 Å². The highest BCUT2D eigenvalue weighted by atomic mass is 32.2. The fourth-order valence-electron chi connectivity index (χ4n) is 2.37. The summed E-state index contributed by atoms with van der Waals surface area (Å²) in [4.78, 5) is 4.16. The van der Waals surface area contributed by atoms with Gasteiger partial charge in [0.25, 0.3) is 0 Å². The Kier molecular flexibility index (Phi) is 6.10. The van der Waals surface area contributed by atoms with Crippen LogP contribution in [0.2, 0.25) is 0 Å². The molecule has 1 aliphatic rings. The number of nitrogens with one attached hydrogen (secondary N) is 2. The van der Waals surface area contributed by atoms with E-state index in [0.717, 1.165) is 12.5 Å². The van der Waals surface area contributed by atoms with Gasteiger partial charge in [-0.3, -0.25) is 4.99 Å². The van der Waals surface area contributed by atoms with E-state index < -0.39 is 9.84 Å². The average molecular weight is 289 g/mol. The molecule has 0 atom stereocenters. The molecule has 0 radical (unpaired) electrons. The molecule has 0 heterocycles. The molecule has 6 heteroatoms. The second-order valence-electron chi connectivity index (χ2n) is 5.54. The number of aliphatic imine (C=N–C) groups is 1. The van der Waals surface area contributed by atoms with E-state index in [0.29, 0.717) is 18.4 Å². The van der Waals surface area contributed by atoms with Crippen LogP contribution in [0, 0.1) is 5.41 Å². The first-order chi connectivity index (χ1) is 8.91. The third-order valence-corrected chi connectivity index (χ3v) is 5.03. The van der Waals surface area contributed by atoms with E-state index in [9.17, 15) is 8.42 Å². The van der Waals surface area contributed by atoms with Gasteiger partial charge >= 0.3 is 0 Å². The van der Waals surface area contributed by atoms with Crippen molar-refractivity contribution in [2.24, 2.45) is 10.4 Å². The Hall–Kier alpha value is -0.780. The van der Waals surface area contributed by atoms with Crippen LogP contribution in [-0.4, -0.2) is 46.5 Å². The summed E-state index contributed by atoms with van der Waals surface area (Å²) < 4.78 is 22.0. The lowest BCUT2D eigenvalue weighted by Gasteiger charge is -2.41. The van der Waals surface area contributed by atoms with Crippen molar-refractivity contribution in [3.8, 4) is 0 Å². The zero-order valence-electron chi connectivity index (χ0n) is 12.3. The summed E-state index contributed by atoms with van der Waals surface area (Å²) in [6.07, 6.45) is 6.99. The Morgan fingerprint density at radius 2 is 2.00 bits per heavy atom. The van der Waals surface area contributed by atoms with Crippen molar-refractivity contribution in [2.45, 2.75) is 39.0 Å². The Morgan fingerprint density at radius 1 is 1.32 bits per heavy atom. The molecule has 1 saturated carbocycles. The number of guanidine groups is 1. The maximum Gasteiger partial charge on any atom is 0.190 e. The van der Waals surface area contributed by atoms with Crippen LogP contribution in [0.15, 0.2) is 4.99 Å². The normalized spacial score (nSPS) is 18.8. The monoisotopic (exact) mass is 289 g/mol. The van der Waals surface area contributed by atoms with Crippen LogP contribution in [0.5, 0.6) is 0 Å². The van der Waals surface area contributed by atoms with Crippen LogP contribution >= 0.6 is 0 Å². The van der Waals surface area contributed by atoms with Gasteiger partial charge in [0.2, 0.25) is 0 Å². The molecule has 1 fully saturated rings. The molecular weight excluding hydrogens is 262 g/mol. The van der Waals surface area contributed by atoms with E-state index >= 15 is 0 Å². The maximum atomic E-state index is 11.0. The fourth-order valence-corrected chi connectivity index (χ4v) is 3.03. The predicted octanol–water partition coefficient (Wildman–Crippen LogP) is 1.17. The average Bonchev–Trinajstić information content (AvgIpc) is 2.29. The second kappa shape index (κ2) is 7.12. The zero-order valence-corrected chi connectivity index (χ0v) is 13.1. The number of rotatable bonds is 7. The van der Waals surface area contributed by atoms with E-state index in [4.69, 9.17) is 0 Å². The third kappa shape index (κ3) is 5.80. The summed E-state index contributed by atoms with van der Waals surface area (Å²) >= 11 is 0. The van der Waals surface area contributed by atoms with Crippen molar-refractivity contribution in [1.29, 1.82) is 0 Å². The summed E-state index contributed by atoms with van der Waals surface area (Å²) in [6, 6.07) is 0. The molecule has 1 rings (SSSR count). The number of nitrogens with zero attached hydrogens (tertiary/aromatic N) is 1. The van der Waals surface area contributed by atoms with Gasteiger partial charge in [0.1, 0.15) is 9.84 Å². The zero-order chi connectivity index (χ0) is 14.4. The molecule has 0 aromatic rings. The van der Waals surface area contributed by atoms with E-state index in [1.807, 2.05) is 0 Å². The number of hydrogen-bond acceptors (Lipinski definition) is 3. The molecule has 0 saturated heterocycles. The van der Waals surface area contributed by atoms with Crippen molar-refractivity contribution in [1.82, 2.24) is 10.6 Å². The van der Waals surface area contributed by atoms with Gasteiger partial charge in [-0.2, -0.15) is 0 Å². The lowest BCUT2D eigenvalue weighted by Crippen LogP contribution is -2.46. The van der Waals surface area contributed by atoms with Gasteiger partial charge in [0.15, 0.2) is 5.96 Å². The molecule has 0 aromatic heterocycles. The van der Waals surface area contributed by atoms with Gasteiger partial charge in [-0.1, -0.05) is 13.3 Å². The molecule has 0 spiro atoms. The molecular formula is C13H27N3O2S. The number of hydrogen-bond donors (Lipinski definition) is 2. The van der Waals surface area contributed by atoms with Crippen LogP contribution in [0.4, 0.5) is 0 Å². The molecule has 5 nitrogen and oxygen atoms in total. The SMILES string of the molecule is CCC1(CNC(=NC)NCCCS(C)(=O)=O)CCC1. The smallest absolute Gasteiger partial charge is 0.190 e. The standard InChI is InChI=1S/C13H27N3O2S/c1-4-13(7-5-8-13)11-16-12(14-2)15-9-6-10-19(3,17)18/h4-11H2,1-3H3,(H2,14,15,16). The van der Waals surface area contributed by atoms with Crippen LogP contribution in [0.1, 0.15) is 39.0 Å².